The normalized spacial score (nSPS) is 26.3. The van der Waals surface area contributed by atoms with Crippen LogP contribution in [-0.2, 0) is 6.42 Å². The molecule has 0 amide bonds. The third kappa shape index (κ3) is 2.74. The van der Waals surface area contributed by atoms with Gasteiger partial charge in [0.1, 0.15) is 18.3 Å². The number of nitrogens with zero attached hydrogens (tertiary/aromatic N) is 4. The summed E-state index contributed by atoms with van der Waals surface area (Å²) in [5, 5.41) is 0.590. The second kappa shape index (κ2) is 6.12. The summed E-state index contributed by atoms with van der Waals surface area (Å²) in [5.41, 5.74) is 0.986. The van der Waals surface area contributed by atoms with Crippen molar-refractivity contribution in [3.63, 3.8) is 0 Å². The molecule has 2 aromatic heterocycles. The second-order valence-electron chi connectivity index (χ2n) is 7.09. The third-order valence-corrected chi connectivity index (χ3v) is 5.49. The topological polar surface area (TPSA) is 51.1 Å². The Morgan fingerprint density at radius 3 is 3.04 bits per heavy atom. The van der Waals surface area contributed by atoms with Crippen LogP contribution in [0, 0.1) is 12.7 Å². The molecule has 0 aliphatic carbocycles. The van der Waals surface area contributed by atoms with E-state index in [1.807, 2.05) is 6.92 Å². The van der Waals surface area contributed by atoms with Crippen molar-refractivity contribution in [2.24, 2.45) is 0 Å². The lowest BCUT2D eigenvalue weighted by Gasteiger charge is -2.30. The average molecular weight is 348 g/mol. The minimum Gasteiger partial charge on any atom is -0.461 e. The van der Waals surface area contributed by atoms with Crippen LogP contribution < -0.4 is 4.74 Å². The SMILES string of the molecule is CCc1ncc2c(C)nc(OC[C@@]34CCCN3C[C@H](F)C4)nc2c1F. The smallest absolute Gasteiger partial charge is 0.317 e. The summed E-state index contributed by atoms with van der Waals surface area (Å²) < 4.78 is 34.3. The van der Waals surface area contributed by atoms with Crippen LogP contribution in [-0.4, -0.2) is 51.3 Å². The maximum atomic E-state index is 14.6. The Hall–Kier alpha value is -1.89. The average Bonchev–Trinajstić information content (AvgIpc) is 3.10. The van der Waals surface area contributed by atoms with E-state index < -0.39 is 12.0 Å². The van der Waals surface area contributed by atoms with Crippen LogP contribution in [0.5, 0.6) is 6.01 Å². The number of pyridine rings is 1. The lowest BCUT2D eigenvalue weighted by atomic mass is 9.95. The van der Waals surface area contributed by atoms with Gasteiger partial charge in [0, 0.05) is 24.5 Å². The highest BCUT2D eigenvalue weighted by Gasteiger charge is 2.49. The molecule has 2 aliphatic rings. The fraction of sp³-hybridized carbons (Fsp3) is 0.611. The number of hydrogen-bond donors (Lipinski definition) is 0. The number of ether oxygens (including phenoxy) is 1. The molecule has 5 nitrogen and oxygen atoms in total. The van der Waals surface area contributed by atoms with Gasteiger partial charge in [0.15, 0.2) is 5.82 Å². The van der Waals surface area contributed by atoms with E-state index in [2.05, 4.69) is 19.9 Å². The number of aryl methyl sites for hydroxylation is 2. The van der Waals surface area contributed by atoms with E-state index in [1.54, 1.807) is 13.1 Å². The Morgan fingerprint density at radius 1 is 1.40 bits per heavy atom. The van der Waals surface area contributed by atoms with Gasteiger partial charge in [-0.05, 0) is 32.7 Å². The first-order valence-corrected chi connectivity index (χ1v) is 8.86. The molecular formula is C18H22F2N4O. The quantitative estimate of drug-likeness (QED) is 0.850. The zero-order valence-corrected chi connectivity index (χ0v) is 14.6. The van der Waals surface area contributed by atoms with Crippen LogP contribution in [0.1, 0.15) is 37.6 Å². The molecule has 0 radical (unpaired) electrons. The van der Waals surface area contributed by atoms with Gasteiger partial charge in [0.25, 0.3) is 0 Å². The van der Waals surface area contributed by atoms with Gasteiger partial charge in [-0.15, -0.1) is 0 Å². The molecule has 4 heterocycles. The highest BCUT2D eigenvalue weighted by molar-refractivity contribution is 5.81. The monoisotopic (exact) mass is 348 g/mol. The molecule has 2 aliphatic heterocycles. The molecule has 7 heteroatoms. The van der Waals surface area contributed by atoms with Gasteiger partial charge in [-0.3, -0.25) is 9.88 Å². The van der Waals surface area contributed by atoms with Gasteiger partial charge in [-0.1, -0.05) is 6.92 Å². The summed E-state index contributed by atoms with van der Waals surface area (Å²) in [5.74, 6) is -0.416. The fourth-order valence-electron chi connectivity index (χ4n) is 4.17. The molecule has 2 saturated heterocycles. The van der Waals surface area contributed by atoms with Crippen molar-refractivity contribution in [2.75, 3.05) is 19.7 Å². The first-order valence-electron chi connectivity index (χ1n) is 8.86. The minimum absolute atomic E-state index is 0.153. The summed E-state index contributed by atoms with van der Waals surface area (Å²) in [6.07, 6.45) is 3.75. The van der Waals surface area contributed by atoms with E-state index in [-0.39, 0.29) is 17.1 Å². The van der Waals surface area contributed by atoms with Crippen molar-refractivity contribution in [3.05, 3.63) is 23.4 Å². The zero-order chi connectivity index (χ0) is 17.6. The van der Waals surface area contributed by atoms with Crippen molar-refractivity contribution in [1.29, 1.82) is 0 Å². The molecule has 4 rings (SSSR count). The van der Waals surface area contributed by atoms with E-state index >= 15 is 0 Å². The van der Waals surface area contributed by atoms with E-state index in [4.69, 9.17) is 4.74 Å². The molecule has 2 aromatic rings. The Labute approximate surface area is 145 Å². The van der Waals surface area contributed by atoms with Crippen LogP contribution >= 0.6 is 0 Å². The molecule has 2 fully saturated rings. The number of rotatable bonds is 4. The molecule has 2 atom stereocenters. The lowest BCUT2D eigenvalue weighted by molar-refractivity contribution is 0.107. The number of hydrogen-bond acceptors (Lipinski definition) is 5. The number of aromatic nitrogens is 3. The zero-order valence-electron chi connectivity index (χ0n) is 14.6. The van der Waals surface area contributed by atoms with E-state index in [0.717, 1.165) is 19.4 Å². The number of alkyl halides is 1. The van der Waals surface area contributed by atoms with Gasteiger partial charge in [-0.2, -0.15) is 9.97 Å². The van der Waals surface area contributed by atoms with Crippen LogP contribution in [0.3, 0.4) is 0 Å². The standard InChI is InChI=1S/C18H22F2N4O/c1-3-14-15(20)16-13(8-21-14)11(2)22-17(23-16)25-10-18-5-4-6-24(18)9-12(19)7-18/h8,12H,3-7,9-10H2,1-2H3/t12-,18+/m1/s1. The first kappa shape index (κ1) is 16.6. The Bertz CT molecular complexity index is 815. The van der Waals surface area contributed by atoms with Crippen LogP contribution in [0.25, 0.3) is 10.9 Å². The van der Waals surface area contributed by atoms with E-state index in [9.17, 15) is 8.78 Å². The van der Waals surface area contributed by atoms with E-state index in [0.29, 0.717) is 42.8 Å². The molecule has 0 bridgehead atoms. The summed E-state index contributed by atoms with van der Waals surface area (Å²) in [4.78, 5) is 14.9. The van der Waals surface area contributed by atoms with E-state index in [1.165, 1.54) is 0 Å². The minimum atomic E-state index is -0.807. The van der Waals surface area contributed by atoms with Crippen LogP contribution in [0.4, 0.5) is 8.78 Å². The lowest BCUT2D eigenvalue weighted by Crippen LogP contribution is -2.43. The Morgan fingerprint density at radius 2 is 2.24 bits per heavy atom. The molecular weight excluding hydrogens is 326 g/mol. The van der Waals surface area contributed by atoms with Crippen molar-refractivity contribution >= 4 is 10.9 Å². The number of fused-ring (bicyclic) bond motifs is 2. The summed E-state index contributed by atoms with van der Waals surface area (Å²) in [7, 11) is 0. The van der Waals surface area contributed by atoms with Crippen molar-refractivity contribution in [1.82, 2.24) is 19.9 Å². The van der Waals surface area contributed by atoms with Gasteiger partial charge < -0.3 is 4.74 Å². The molecule has 0 saturated carbocycles. The summed E-state index contributed by atoms with van der Waals surface area (Å²) in [6, 6.07) is 0.153. The van der Waals surface area contributed by atoms with Crippen molar-refractivity contribution in [2.45, 2.75) is 51.2 Å². The largest absolute Gasteiger partial charge is 0.461 e. The highest BCUT2D eigenvalue weighted by Crippen LogP contribution is 2.40. The second-order valence-corrected chi connectivity index (χ2v) is 7.09. The molecule has 134 valence electrons. The highest BCUT2D eigenvalue weighted by atomic mass is 19.1. The first-order chi connectivity index (χ1) is 12.0. The summed E-state index contributed by atoms with van der Waals surface area (Å²) in [6.45, 7) is 5.36. The predicted molar refractivity (Wildman–Crippen MR) is 90.0 cm³/mol. The maximum Gasteiger partial charge on any atom is 0.317 e. The van der Waals surface area contributed by atoms with Gasteiger partial charge >= 0.3 is 6.01 Å². The van der Waals surface area contributed by atoms with Gasteiger partial charge in [-0.25, -0.2) is 8.78 Å². The van der Waals surface area contributed by atoms with Crippen molar-refractivity contribution in [3.8, 4) is 6.01 Å². The Kier molecular flexibility index (Phi) is 4.06. The summed E-state index contributed by atoms with van der Waals surface area (Å²) >= 11 is 0. The molecule has 0 aromatic carbocycles. The van der Waals surface area contributed by atoms with Crippen molar-refractivity contribution < 1.29 is 13.5 Å². The third-order valence-electron chi connectivity index (χ3n) is 5.49. The molecule has 0 spiro atoms. The van der Waals surface area contributed by atoms with Crippen LogP contribution in [0.15, 0.2) is 6.20 Å². The number of halogens is 2. The van der Waals surface area contributed by atoms with Gasteiger partial charge in [0.05, 0.1) is 16.9 Å². The molecule has 0 unspecified atom stereocenters. The fourth-order valence-corrected chi connectivity index (χ4v) is 4.17. The molecule has 25 heavy (non-hydrogen) atoms. The maximum absolute atomic E-state index is 14.6. The molecule has 0 N–H and O–H groups in total. The van der Waals surface area contributed by atoms with Gasteiger partial charge in [0.2, 0.25) is 0 Å². The van der Waals surface area contributed by atoms with Crippen LogP contribution in [0.2, 0.25) is 0 Å². The Balaban J connectivity index is 1.63. The predicted octanol–water partition coefficient (Wildman–Crippen LogP) is 2.99.